The highest BCUT2D eigenvalue weighted by molar-refractivity contribution is 6.26. The first-order valence-corrected chi connectivity index (χ1v) is 17.5. The zero-order valence-corrected chi connectivity index (χ0v) is 28.4. The van der Waals surface area contributed by atoms with Crippen LogP contribution in [-0.2, 0) is 5.41 Å². The van der Waals surface area contributed by atoms with Crippen LogP contribution in [0, 0.1) is 11.3 Å². The molecule has 0 atom stereocenters. The van der Waals surface area contributed by atoms with Gasteiger partial charge in [0.2, 0.25) is 0 Å². The largest absolute Gasteiger partial charge is 0.310 e. The summed E-state index contributed by atoms with van der Waals surface area (Å²) < 4.78 is 2.39. The summed E-state index contributed by atoms with van der Waals surface area (Å²) in [5, 5.41) is 14.7. The van der Waals surface area contributed by atoms with Crippen molar-refractivity contribution in [2.45, 2.75) is 19.3 Å². The fraction of sp³-hybridized carbons (Fsp3) is 0.0625. The van der Waals surface area contributed by atoms with E-state index >= 15 is 0 Å². The van der Waals surface area contributed by atoms with Crippen molar-refractivity contribution in [1.82, 2.24) is 4.57 Å². The summed E-state index contributed by atoms with van der Waals surface area (Å²) in [6.45, 7) is 4.64. The molecule has 0 saturated heterocycles. The van der Waals surface area contributed by atoms with Crippen LogP contribution in [0.4, 0.5) is 17.1 Å². The van der Waals surface area contributed by atoms with Gasteiger partial charge in [-0.25, -0.2) is 0 Å². The maximum Gasteiger partial charge on any atom is 0.0991 e. The third kappa shape index (κ3) is 4.30. The highest BCUT2D eigenvalue weighted by atomic mass is 15.1. The van der Waals surface area contributed by atoms with Crippen molar-refractivity contribution in [2.75, 3.05) is 4.90 Å². The normalized spacial score (nSPS) is 13.0. The highest BCUT2D eigenvalue weighted by Crippen LogP contribution is 2.51. The summed E-state index contributed by atoms with van der Waals surface area (Å²) in [5.41, 5.74) is 15.0. The van der Waals surface area contributed by atoms with Crippen LogP contribution < -0.4 is 4.90 Å². The first-order chi connectivity index (χ1) is 25.0. The second-order valence-corrected chi connectivity index (χ2v) is 14.1. The number of hydrogen-bond acceptors (Lipinski definition) is 2. The van der Waals surface area contributed by atoms with Crippen molar-refractivity contribution in [2.24, 2.45) is 0 Å². The predicted octanol–water partition coefficient (Wildman–Crippen LogP) is 12.7. The molecule has 0 spiro atoms. The van der Waals surface area contributed by atoms with Crippen LogP contribution >= 0.6 is 0 Å². The minimum absolute atomic E-state index is 0.112. The topological polar surface area (TPSA) is 32.0 Å². The molecule has 51 heavy (non-hydrogen) atoms. The molecule has 3 heteroatoms. The van der Waals surface area contributed by atoms with E-state index in [1.54, 1.807) is 0 Å². The van der Waals surface area contributed by atoms with Crippen molar-refractivity contribution in [3.63, 3.8) is 0 Å². The van der Waals surface area contributed by atoms with E-state index in [0.29, 0.717) is 5.56 Å². The minimum Gasteiger partial charge on any atom is -0.310 e. The van der Waals surface area contributed by atoms with Crippen molar-refractivity contribution in [1.29, 1.82) is 5.26 Å². The van der Waals surface area contributed by atoms with E-state index in [1.807, 2.05) is 24.3 Å². The molecule has 0 amide bonds. The molecule has 0 N–H and O–H groups in total. The predicted molar refractivity (Wildman–Crippen MR) is 212 cm³/mol. The van der Waals surface area contributed by atoms with Crippen LogP contribution in [0.2, 0.25) is 0 Å². The second kappa shape index (κ2) is 10.9. The Hall–Kier alpha value is -6.63. The van der Waals surface area contributed by atoms with Crippen LogP contribution in [0.3, 0.4) is 0 Å². The Bertz CT molecular complexity index is 2820. The minimum atomic E-state index is -0.112. The number of benzene rings is 8. The Morgan fingerprint density at radius 3 is 1.98 bits per heavy atom. The highest BCUT2D eigenvalue weighted by Gasteiger charge is 2.35. The van der Waals surface area contributed by atoms with Crippen LogP contribution in [0.5, 0.6) is 0 Å². The maximum absolute atomic E-state index is 9.55. The monoisotopic (exact) mass is 651 g/mol. The summed E-state index contributed by atoms with van der Waals surface area (Å²) in [5.74, 6) is 0. The molecule has 1 heterocycles. The number of hydrogen-bond donors (Lipinski definition) is 0. The Balaban J connectivity index is 1.11. The molecule has 0 radical (unpaired) electrons. The van der Waals surface area contributed by atoms with Crippen LogP contribution in [0.1, 0.15) is 30.5 Å². The molecule has 9 aromatic rings. The van der Waals surface area contributed by atoms with Gasteiger partial charge in [-0.1, -0.05) is 105 Å². The van der Waals surface area contributed by atoms with E-state index in [9.17, 15) is 5.26 Å². The van der Waals surface area contributed by atoms with Gasteiger partial charge in [-0.2, -0.15) is 5.26 Å². The molecule has 0 bridgehead atoms. The SMILES string of the molecule is CC1(C)c2ccccc2-c2ccc(N(c3ccc(C#N)cc3)c3ccc(-c4ccc5c6c4ccc4cccc(c46)n5-c4ccccc4)cc3)cc21. The van der Waals surface area contributed by atoms with E-state index in [2.05, 4.69) is 169 Å². The Morgan fingerprint density at radius 1 is 0.529 bits per heavy atom. The van der Waals surface area contributed by atoms with Gasteiger partial charge in [0.15, 0.2) is 0 Å². The number of aromatic nitrogens is 1. The van der Waals surface area contributed by atoms with Gasteiger partial charge in [0.25, 0.3) is 0 Å². The summed E-state index contributed by atoms with van der Waals surface area (Å²) in [6, 6.07) is 61.1. The quantitative estimate of drug-likeness (QED) is 0.173. The van der Waals surface area contributed by atoms with E-state index in [-0.39, 0.29) is 5.41 Å². The molecule has 1 aliphatic carbocycles. The van der Waals surface area contributed by atoms with Crippen molar-refractivity contribution >= 4 is 49.6 Å². The molecule has 0 saturated carbocycles. The summed E-state index contributed by atoms with van der Waals surface area (Å²) in [6.07, 6.45) is 0. The number of anilines is 3. The molecule has 240 valence electrons. The van der Waals surface area contributed by atoms with E-state index in [1.165, 1.54) is 71.6 Å². The van der Waals surface area contributed by atoms with E-state index < -0.39 is 0 Å². The summed E-state index contributed by atoms with van der Waals surface area (Å²) in [7, 11) is 0. The third-order valence-electron chi connectivity index (χ3n) is 11.0. The van der Waals surface area contributed by atoms with E-state index in [4.69, 9.17) is 0 Å². The number of rotatable bonds is 5. The van der Waals surface area contributed by atoms with Crippen molar-refractivity contribution in [3.05, 3.63) is 180 Å². The Labute approximate surface area is 297 Å². The molecule has 8 aromatic carbocycles. The molecule has 1 aliphatic rings. The lowest BCUT2D eigenvalue weighted by Crippen LogP contribution is -2.16. The molecule has 1 aromatic heterocycles. The molecule has 0 fully saturated rings. The maximum atomic E-state index is 9.55. The summed E-state index contributed by atoms with van der Waals surface area (Å²) >= 11 is 0. The molecule has 10 rings (SSSR count). The standard InChI is InChI=1S/C48H33N3/c1-48(2)42-13-7-6-12-39(42)40-26-24-37(29-43(40)48)50(35-20-15-31(30-49)16-21-35)36-22-17-32(18-23-36)38-27-28-45-47-41(38)25-19-33-9-8-14-44(46(33)47)51(45)34-10-4-3-5-11-34/h3-29H,1-2H3. The van der Waals surface area contributed by atoms with Gasteiger partial charge in [-0.05, 0) is 117 Å². The Morgan fingerprint density at radius 2 is 1.20 bits per heavy atom. The van der Waals surface area contributed by atoms with Gasteiger partial charge in [-0.3, -0.25) is 0 Å². The number of para-hydroxylation sites is 1. The lowest BCUT2D eigenvalue weighted by Gasteiger charge is -2.28. The average molecular weight is 652 g/mol. The zero-order chi connectivity index (χ0) is 34.3. The fourth-order valence-electron chi connectivity index (χ4n) is 8.55. The third-order valence-corrected chi connectivity index (χ3v) is 11.0. The van der Waals surface area contributed by atoms with Crippen LogP contribution in [0.25, 0.3) is 60.5 Å². The molecule has 0 aliphatic heterocycles. The molecular weight excluding hydrogens is 619 g/mol. The molecule has 0 unspecified atom stereocenters. The van der Waals surface area contributed by atoms with Gasteiger partial charge in [0.1, 0.15) is 0 Å². The van der Waals surface area contributed by atoms with Gasteiger partial charge in [0.05, 0.1) is 22.7 Å². The van der Waals surface area contributed by atoms with Gasteiger partial charge in [0, 0.05) is 38.9 Å². The number of fused-ring (bicyclic) bond motifs is 3. The van der Waals surface area contributed by atoms with Crippen LogP contribution in [-0.4, -0.2) is 4.57 Å². The molecular formula is C48H33N3. The lowest BCUT2D eigenvalue weighted by atomic mass is 9.82. The van der Waals surface area contributed by atoms with Gasteiger partial charge < -0.3 is 9.47 Å². The van der Waals surface area contributed by atoms with Gasteiger partial charge >= 0.3 is 0 Å². The number of nitrogens with zero attached hydrogens (tertiary/aromatic N) is 3. The first kappa shape index (κ1) is 29.3. The average Bonchev–Trinajstić information content (AvgIpc) is 3.64. The fourth-order valence-corrected chi connectivity index (χ4v) is 8.55. The number of nitriles is 1. The van der Waals surface area contributed by atoms with Gasteiger partial charge in [-0.15, -0.1) is 0 Å². The smallest absolute Gasteiger partial charge is 0.0991 e. The van der Waals surface area contributed by atoms with E-state index in [0.717, 1.165) is 17.1 Å². The first-order valence-electron chi connectivity index (χ1n) is 17.5. The zero-order valence-electron chi connectivity index (χ0n) is 28.4. The lowest BCUT2D eigenvalue weighted by molar-refractivity contribution is 0.660. The molecule has 3 nitrogen and oxygen atoms in total. The van der Waals surface area contributed by atoms with Crippen molar-refractivity contribution < 1.29 is 0 Å². The Kier molecular flexibility index (Phi) is 6.28. The second-order valence-electron chi connectivity index (χ2n) is 14.1. The van der Waals surface area contributed by atoms with Crippen molar-refractivity contribution in [3.8, 4) is 34.0 Å². The van der Waals surface area contributed by atoms with Crippen LogP contribution in [0.15, 0.2) is 164 Å². The summed E-state index contributed by atoms with van der Waals surface area (Å²) in [4.78, 5) is 2.30.